The lowest BCUT2D eigenvalue weighted by atomic mass is 10.1. The third kappa shape index (κ3) is 5.98. The molecule has 2 aromatic rings. The molecule has 0 spiro atoms. The van der Waals surface area contributed by atoms with Crippen molar-refractivity contribution in [3.8, 4) is 0 Å². The number of aryl methyl sites for hydroxylation is 2. The maximum absolute atomic E-state index is 13.4. The van der Waals surface area contributed by atoms with Gasteiger partial charge in [0.2, 0.25) is 21.8 Å². The van der Waals surface area contributed by atoms with Gasteiger partial charge in [0.15, 0.2) is 0 Å². The monoisotopic (exact) mass is 465 g/mol. The van der Waals surface area contributed by atoms with E-state index in [1.54, 1.807) is 57.2 Å². The fraction of sp³-hybridized carbons (Fsp3) is 0.364. The van der Waals surface area contributed by atoms with E-state index < -0.39 is 28.5 Å². The van der Waals surface area contributed by atoms with Crippen molar-refractivity contribution in [2.45, 2.75) is 33.4 Å². The lowest BCUT2D eigenvalue weighted by Gasteiger charge is -2.32. The topological polar surface area (TPSA) is 86.8 Å². The molecule has 2 rings (SSSR count). The van der Waals surface area contributed by atoms with Gasteiger partial charge in [-0.3, -0.25) is 13.9 Å². The Kier molecular flexibility index (Phi) is 8.08. The summed E-state index contributed by atoms with van der Waals surface area (Å²) in [5.41, 5.74) is 2.58. The second kappa shape index (κ2) is 10.2. The standard InChI is InChI=1S/C22H28ClN3O4S/c1-15-9-8-10-16(2)21(15)26(31(5,29)30)14-20(27)25(17(3)22(28)24-4)13-18-11-6-7-12-19(18)23/h6-12,17H,13-14H2,1-5H3,(H,24,28). The highest BCUT2D eigenvalue weighted by Gasteiger charge is 2.31. The van der Waals surface area contributed by atoms with Crippen LogP contribution in [0.2, 0.25) is 5.02 Å². The van der Waals surface area contributed by atoms with Gasteiger partial charge >= 0.3 is 0 Å². The summed E-state index contributed by atoms with van der Waals surface area (Å²) in [6, 6.07) is 11.6. The van der Waals surface area contributed by atoms with Crippen LogP contribution < -0.4 is 9.62 Å². The first kappa shape index (κ1) is 24.7. The third-order valence-electron chi connectivity index (χ3n) is 5.08. The van der Waals surface area contributed by atoms with Crippen LogP contribution in [0, 0.1) is 13.8 Å². The van der Waals surface area contributed by atoms with Gasteiger partial charge < -0.3 is 10.2 Å². The number of rotatable bonds is 8. The minimum Gasteiger partial charge on any atom is -0.357 e. The average molecular weight is 466 g/mol. The van der Waals surface area contributed by atoms with Crippen LogP contribution in [0.5, 0.6) is 0 Å². The molecule has 0 radical (unpaired) electrons. The van der Waals surface area contributed by atoms with Crippen LogP contribution in [0.4, 0.5) is 5.69 Å². The molecule has 0 saturated heterocycles. The lowest BCUT2D eigenvalue weighted by molar-refractivity contribution is -0.139. The van der Waals surface area contributed by atoms with Crippen LogP contribution in [0.15, 0.2) is 42.5 Å². The predicted molar refractivity (Wildman–Crippen MR) is 124 cm³/mol. The molecule has 0 heterocycles. The zero-order chi connectivity index (χ0) is 23.3. The highest BCUT2D eigenvalue weighted by Crippen LogP contribution is 2.27. The number of sulfonamides is 1. The Bertz CT molecular complexity index is 1050. The summed E-state index contributed by atoms with van der Waals surface area (Å²) in [5, 5.41) is 2.99. The van der Waals surface area contributed by atoms with E-state index in [9.17, 15) is 18.0 Å². The Labute approximate surface area is 189 Å². The highest BCUT2D eigenvalue weighted by atomic mass is 35.5. The van der Waals surface area contributed by atoms with E-state index in [-0.39, 0.29) is 12.5 Å². The van der Waals surface area contributed by atoms with Crippen molar-refractivity contribution in [2.24, 2.45) is 0 Å². The SMILES string of the molecule is CNC(=O)C(C)N(Cc1ccccc1Cl)C(=O)CN(c1c(C)cccc1C)S(C)(=O)=O. The van der Waals surface area contributed by atoms with Crippen molar-refractivity contribution in [2.75, 3.05) is 24.2 Å². The molecule has 2 amide bonds. The first-order valence-electron chi connectivity index (χ1n) is 9.75. The van der Waals surface area contributed by atoms with Crippen molar-refractivity contribution in [3.05, 3.63) is 64.2 Å². The van der Waals surface area contributed by atoms with E-state index >= 15 is 0 Å². The molecule has 1 unspecified atom stereocenters. The summed E-state index contributed by atoms with van der Waals surface area (Å²) in [6.07, 6.45) is 1.06. The molecule has 0 aliphatic carbocycles. The maximum atomic E-state index is 13.4. The van der Waals surface area contributed by atoms with Gasteiger partial charge in [-0.05, 0) is 43.5 Å². The number of likely N-dealkylation sites (N-methyl/N-ethyl adjacent to an activating group) is 1. The minimum absolute atomic E-state index is 0.0669. The first-order valence-corrected chi connectivity index (χ1v) is 12.0. The second-order valence-electron chi connectivity index (χ2n) is 7.41. The van der Waals surface area contributed by atoms with Crippen molar-refractivity contribution in [1.82, 2.24) is 10.2 Å². The molecule has 1 atom stereocenters. The van der Waals surface area contributed by atoms with Crippen LogP contribution in [0.1, 0.15) is 23.6 Å². The highest BCUT2D eigenvalue weighted by molar-refractivity contribution is 7.92. The number of nitrogens with one attached hydrogen (secondary N) is 1. The van der Waals surface area contributed by atoms with Crippen molar-refractivity contribution < 1.29 is 18.0 Å². The number of anilines is 1. The van der Waals surface area contributed by atoms with Gasteiger partial charge in [-0.15, -0.1) is 0 Å². The molecule has 0 aliphatic rings. The van der Waals surface area contributed by atoms with Crippen LogP contribution in [0.25, 0.3) is 0 Å². The van der Waals surface area contributed by atoms with E-state index in [0.717, 1.165) is 21.7 Å². The molecular weight excluding hydrogens is 438 g/mol. The Balaban J connectivity index is 2.46. The number of halogens is 1. The summed E-state index contributed by atoms with van der Waals surface area (Å²) >= 11 is 6.26. The first-order chi connectivity index (χ1) is 14.5. The summed E-state index contributed by atoms with van der Waals surface area (Å²) in [6.45, 7) is 4.81. The molecular formula is C22H28ClN3O4S. The summed E-state index contributed by atoms with van der Waals surface area (Å²) in [5.74, 6) is -0.873. The van der Waals surface area contributed by atoms with Gasteiger partial charge in [0, 0.05) is 18.6 Å². The molecule has 0 fully saturated rings. The Hall–Kier alpha value is -2.58. The molecule has 0 aromatic heterocycles. The molecule has 9 heteroatoms. The zero-order valence-electron chi connectivity index (χ0n) is 18.3. The van der Waals surface area contributed by atoms with E-state index in [4.69, 9.17) is 11.6 Å². The molecule has 2 aromatic carbocycles. The molecule has 1 N–H and O–H groups in total. The normalized spacial score (nSPS) is 12.2. The number of hydrogen-bond donors (Lipinski definition) is 1. The van der Waals surface area contributed by atoms with Crippen molar-refractivity contribution in [3.63, 3.8) is 0 Å². The van der Waals surface area contributed by atoms with E-state index in [1.165, 1.54) is 11.9 Å². The van der Waals surface area contributed by atoms with E-state index in [2.05, 4.69) is 5.32 Å². The lowest BCUT2D eigenvalue weighted by Crippen LogP contribution is -2.50. The predicted octanol–water partition coefficient (Wildman–Crippen LogP) is 2.89. The number of hydrogen-bond acceptors (Lipinski definition) is 4. The molecule has 168 valence electrons. The summed E-state index contributed by atoms with van der Waals surface area (Å²) in [4.78, 5) is 27.0. The maximum Gasteiger partial charge on any atom is 0.244 e. The van der Waals surface area contributed by atoms with Gasteiger partial charge in [0.25, 0.3) is 0 Å². The number of carbonyl (C=O) groups excluding carboxylic acids is 2. The zero-order valence-corrected chi connectivity index (χ0v) is 19.9. The fourth-order valence-corrected chi connectivity index (χ4v) is 4.54. The molecule has 31 heavy (non-hydrogen) atoms. The van der Waals surface area contributed by atoms with Gasteiger partial charge in [0.1, 0.15) is 12.6 Å². The van der Waals surface area contributed by atoms with Gasteiger partial charge in [-0.1, -0.05) is 48.0 Å². The van der Waals surface area contributed by atoms with Gasteiger partial charge in [-0.2, -0.15) is 0 Å². The van der Waals surface area contributed by atoms with Crippen molar-refractivity contribution >= 4 is 39.1 Å². The Morgan fingerprint density at radius 2 is 1.65 bits per heavy atom. The minimum atomic E-state index is -3.76. The average Bonchev–Trinajstić information content (AvgIpc) is 2.70. The largest absolute Gasteiger partial charge is 0.357 e. The molecule has 0 saturated carbocycles. The number of nitrogens with zero attached hydrogens (tertiary/aromatic N) is 2. The van der Waals surface area contributed by atoms with Gasteiger partial charge in [-0.25, -0.2) is 8.42 Å². The van der Waals surface area contributed by atoms with Crippen LogP contribution in [-0.4, -0.2) is 51.0 Å². The van der Waals surface area contributed by atoms with Crippen molar-refractivity contribution in [1.29, 1.82) is 0 Å². The molecule has 0 aliphatic heterocycles. The Morgan fingerprint density at radius 1 is 1.06 bits per heavy atom. The summed E-state index contributed by atoms with van der Waals surface area (Å²) in [7, 11) is -2.28. The molecule has 0 bridgehead atoms. The van der Waals surface area contributed by atoms with E-state index in [1.807, 2.05) is 6.07 Å². The number of benzene rings is 2. The quantitative estimate of drug-likeness (QED) is 0.649. The number of amides is 2. The molecule has 7 nitrogen and oxygen atoms in total. The smallest absolute Gasteiger partial charge is 0.244 e. The summed E-state index contributed by atoms with van der Waals surface area (Å²) < 4.78 is 26.3. The van der Waals surface area contributed by atoms with Crippen LogP contribution >= 0.6 is 11.6 Å². The van der Waals surface area contributed by atoms with E-state index in [0.29, 0.717) is 16.3 Å². The number of carbonyl (C=O) groups is 2. The third-order valence-corrected chi connectivity index (χ3v) is 6.56. The van der Waals surface area contributed by atoms with Crippen LogP contribution in [-0.2, 0) is 26.2 Å². The number of para-hydroxylation sites is 1. The van der Waals surface area contributed by atoms with Crippen LogP contribution in [0.3, 0.4) is 0 Å². The van der Waals surface area contributed by atoms with Gasteiger partial charge in [0.05, 0.1) is 11.9 Å². The second-order valence-corrected chi connectivity index (χ2v) is 9.73. The fourth-order valence-electron chi connectivity index (χ4n) is 3.38. The Morgan fingerprint density at radius 3 is 2.16 bits per heavy atom.